The van der Waals surface area contributed by atoms with Crippen molar-refractivity contribution in [2.24, 2.45) is 5.73 Å². The van der Waals surface area contributed by atoms with E-state index in [-0.39, 0.29) is 30.3 Å². The molecule has 1 unspecified atom stereocenters. The van der Waals surface area contributed by atoms with Crippen LogP contribution in [0.15, 0.2) is 24.3 Å². The third-order valence-corrected chi connectivity index (χ3v) is 3.82. The van der Waals surface area contributed by atoms with Gasteiger partial charge in [0.15, 0.2) is 0 Å². The van der Waals surface area contributed by atoms with E-state index in [1.54, 1.807) is 24.3 Å². The maximum absolute atomic E-state index is 12.5. The molecular formula is C16H24ClN3O2. The molecule has 1 aliphatic rings. The Hall–Kier alpha value is -1.59. The number of amides is 2. The molecule has 5 nitrogen and oxygen atoms in total. The standard InChI is InChI=1S/C16H23N3O2.ClH/c1-2-8-18-15(20)12-5-3-6-13(10-12)16(21)19-9-4-7-14(19)11-17;/h3,5-6,10,14H,2,4,7-9,11,17H2,1H3,(H,18,20);1H. The van der Waals surface area contributed by atoms with Crippen molar-refractivity contribution in [1.29, 1.82) is 0 Å². The highest BCUT2D eigenvalue weighted by molar-refractivity contribution is 5.99. The predicted octanol–water partition coefficient (Wildman–Crippen LogP) is 1.81. The molecule has 1 saturated heterocycles. The summed E-state index contributed by atoms with van der Waals surface area (Å²) >= 11 is 0. The second-order valence-electron chi connectivity index (χ2n) is 5.37. The predicted molar refractivity (Wildman–Crippen MR) is 89.4 cm³/mol. The van der Waals surface area contributed by atoms with Gasteiger partial charge in [0, 0.05) is 36.8 Å². The van der Waals surface area contributed by atoms with E-state index in [0.29, 0.717) is 24.2 Å². The monoisotopic (exact) mass is 325 g/mol. The van der Waals surface area contributed by atoms with Gasteiger partial charge in [-0.15, -0.1) is 12.4 Å². The van der Waals surface area contributed by atoms with Crippen LogP contribution in [0.5, 0.6) is 0 Å². The van der Waals surface area contributed by atoms with Crippen LogP contribution in [-0.4, -0.2) is 42.4 Å². The second-order valence-corrected chi connectivity index (χ2v) is 5.37. The Labute approximate surface area is 137 Å². The SMILES string of the molecule is CCCNC(=O)c1cccc(C(=O)N2CCCC2CN)c1.Cl. The first-order chi connectivity index (χ1) is 10.2. The maximum Gasteiger partial charge on any atom is 0.254 e. The maximum atomic E-state index is 12.5. The number of hydrogen-bond donors (Lipinski definition) is 2. The van der Waals surface area contributed by atoms with Gasteiger partial charge in [-0.3, -0.25) is 9.59 Å². The third-order valence-electron chi connectivity index (χ3n) is 3.82. The fourth-order valence-corrected chi connectivity index (χ4v) is 2.65. The number of nitrogens with two attached hydrogens (primary N) is 1. The molecule has 1 aromatic rings. The quantitative estimate of drug-likeness (QED) is 0.867. The van der Waals surface area contributed by atoms with E-state index in [2.05, 4.69) is 5.32 Å². The Morgan fingerprint density at radius 1 is 1.36 bits per heavy atom. The molecule has 0 radical (unpaired) electrons. The zero-order valence-electron chi connectivity index (χ0n) is 12.9. The Kier molecular flexibility index (Phi) is 7.35. The Bertz CT molecular complexity index is 522. The smallest absolute Gasteiger partial charge is 0.254 e. The molecule has 6 heteroatoms. The van der Waals surface area contributed by atoms with Crippen LogP contribution in [0, 0.1) is 0 Å². The van der Waals surface area contributed by atoms with Gasteiger partial charge in [0.2, 0.25) is 0 Å². The van der Waals surface area contributed by atoms with E-state index in [4.69, 9.17) is 5.73 Å². The molecule has 0 saturated carbocycles. The van der Waals surface area contributed by atoms with Crippen LogP contribution in [0.1, 0.15) is 46.9 Å². The van der Waals surface area contributed by atoms with Crippen LogP contribution in [-0.2, 0) is 0 Å². The molecule has 3 N–H and O–H groups in total. The number of nitrogens with one attached hydrogen (secondary N) is 1. The number of benzene rings is 1. The molecule has 1 aliphatic heterocycles. The van der Waals surface area contributed by atoms with Crippen LogP contribution in [0.4, 0.5) is 0 Å². The molecule has 2 amide bonds. The number of likely N-dealkylation sites (tertiary alicyclic amines) is 1. The highest BCUT2D eigenvalue weighted by atomic mass is 35.5. The molecule has 0 spiro atoms. The van der Waals surface area contributed by atoms with Crippen molar-refractivity contribution in [3.05, 3.63) is 35.4 Å². The van der Waals surface area contributed by atoms with Crippen LogP contribution >= 0.6 is 12.4 Å². The zero-order chi connectivity index (χ0) is 15.2. The first-order valence-electron chi connectivity index (χ1n) is 7.56. The summed E-state index contributed by atoms with van der Waals surface area (Å²) in [5.74, 6) is -0.170. The molecule has 1 atom stereocenters. The first-order valence-corrected chi connectivity index (χ1v) is 7.56. The van der Waals surface area contributed by atoms with E-state index < -0.39 is 0 Å². The van der Waals surface area contributed by atoms with Crippen molar-refractivity contribution in [3.8, 4) is 0 Å². The fraction of sp³-hybridized carbons (Fsp3) is 0.500. The van der Waals surface area contributed by atoms with Gasteiger partial charge in [0.05, 0.1) is 0 Å². The minimum absolute atomic E-state index is 0. The van der Waals surface area contributed by atoms with E-state index >= 15 is 0 Å². The molecule has 122 valence electrons. The highest BCUT2D eigenvalue weighted by Crippen LogP contribution is 2.19. The van der Waals surface area contributed by atoms with Crippen molar-refractivity contribution in [2.75, 3.05) is 19.6 Å². The minimum Gasteiger partial charge on any atom is -0.352 e. The third kappa shape index (κ3) is 4.21. The van der Waals surface area contributed by atoms with E-state index in [1.165, 1.54) is 0 Å². The van der Waals surface area contributed by atoms with Gasteiger partial charge in [0.1, 0.15) is 0 Å². The molecule has 0 aliphatic carbocycles. The number of carbonyl (C=O) groups is 2. The summed E-state index contributed by atoms with van der Waals surface area (Å²) in [6.07, 6.45) is 2.83. The van der Waals surface area contributed by atoms with Gasteiger partial charge in [-0.05, 0) is 37.5 Å². The second kappa shape index (κ2) is 8.76. The van der Waals surface area contributed by atoms with Crippen molar-refractivity contribution in [3.63, 3.8) is 0 Å². The Morgan fingerprint density at radius 2 is 2.09 bits per heavy atom. The molecule has 1 fully saturated rings. The minimum atomic E-state index is -0.136. The molecule has 0 bridgehead atoms. The van der Waals surface area contributed by atoms with Crippen molar-refractivity contribution >= 4 is 24.2 Å². The van der Waals surface area contributed by atoms with E-state index in [9.17, 15) is 9.59 Å². The molecule has 1 heterocycles. The number of halogens is 1. The summed E-state index contributed by atoms with van der Waals surface area (Å²) in [5.41, 5.74) is 6.80. The van der Waals surface area contributed by atoms with Crippen LogP contribution in [0.2, 0.25) is 0 Å². The van der Waals surface area contributed by atoms with Crippen LogP contribution < -0.4 is 11.1 Å². The summed E-state index contributed by atoms with van der Waals surface area (Å²) in [7, 11) is 0. The van der Waals surface area contributed by atoms with Gasteiger partial charge in [0.25, 0.3) is 11.8 Å². The number of nitrogens with zero attached hydrogens (tertiary/aromatic N) is 1. The zero-order valence-corrected chi connectivity index (χ0v) is 13.7. The molecule has 0 aromatic heterocycles. The summed E-state index contributed by atoms with van der Waals surface area (Å²) in [6, 6.07) is 7.02. The average molecular weight is 326 g/mol. The van der Waals surface area contributed by atoms with Gasteiger partial charge >= 0.3 is 0 Å². The van der Waals surface area contributed by atoms with Crippen molar-refractivity contribution in [1.82, 2.24) is 10.2 Å². The molecule has 22 heavy (non-hydrogen) atoms. The molecule has 1 aromatic carbocycles. The van der Waals surface area contributed by atoms with Crippen molar-refractivity contribution < 1.29 is 9.59 Å². The van der Waals surface area contributed by atoms with Gasteiger partial charge in [-0.1, -0.05) is 13.0 Å². The Balaban J connectivity index is 0.00000242. The van der Waals surface area contributed by atoms with E-state index in [0.717, 1.165) is 25.8 Å². The average Bonchev–Trinajstić information content (AvgIpc) is 3.00. The summed E-state index contributed by atoms with van der Waals surface area (Å²) in [5, 5.41) is 2.82. The normalized spacial score (nSPS) is 17.0. The van der Waals surface area contributed by atoms with Crippen LogP contribution in [0.25, 0.3) is 0 Å². The summed E-state index contributed by atoms with van der Waals surface area (Å²) in [4.78, 5) is 26.3. The van der Waals surface area contributed by atoms with Gasteiger partial charge < -0.3 is 16.0 Å². The number of carbonyl (C=O) groups excluding carboxylic acids is 2. The number of hydrogen-bond acceptors (Lipinski definition) is 3. The first kappa shape index (κ1) is 18.5. The van der Waals surface area contributed by atoms with E-state index in [1.807, 2.05) is 11.8 Å². The van der Waals surface area contributed by atoms with Gasteiger partial charge in [-0.2, -0.15) is 0 Å². The van der Waals surface area contributed by atoms with Crippen LogP contribution in [0.3, 0.4) is 0 Å². The lowest BCUT2D eigenvalue weighted by atomic mass is 10.1. The topological polar surface area (TPSA) is 75.4 Å². The number of rotatable bonds is 5. The largest absolute Gasteiger partial charge is 0.352 e. The lowest BCUT2D eigenvalue weighted by molar-refractivity contribution is 0.0741. The molecular weight excluding hydrogens is 302 g/mol. The van der Waals surface area contributed by atoms with Gasteiger partial charge in [-0.25, -0.2) is 0 Å². The van der Waals surface area contributed by atoms with Crippen molar-refractivity contribution in [2.45, 2.75) is 32.2 Å². The summed E-state index contributed by atoms with van der Waals surface area (Å²) in [6.45, 7) is 3.87. The highest BCUT2D eigenvalue weighted by Gasteiger charge is 2.28. The Morgan fingerprint density at radius 3 is 2.77 bits per heavy atom. The molecule has 2 rings (SSSR count). The lowest BCUT2D eigenvalue weighted by Gasteiger charge is -2.23. The fourth-order valence-electron chi connectivity index (χ4n) is 2.65. The summed E-state index contributed by atoms with van der Waals surface area (Å²) < 4.78 is 0. The lowest BCUT2D eigenvalue weighted by Crippen LogP contribution is -2.40.